The van der Waals surface area contributed by atoms with Gasteiger partial charge in [0.2, 0.25) is 5.91 Å². The van der Waals surface area contributed by atoms with E-state index in [4.69, 9.17) is 0 Å². The summed E-state index contributed by atoms with van der Waals surface area (Å²) in [5.74, 6) is 1.08. The molecule has 1 aromatic heterocycles. The van der Waals surface area contributed by atoms with Gasteiger partial charge in [0.1, 0.15) is 0 Å². The smallest absolute Gasteiger partial charge is 0.234 e. The van der Waals surface area contributed by atoms with Crippen LogP contribution in [0.5, 0.6) is 0 Å². The van der Waals surface area contributed by atoms with Crippen molar-refractivity contribution in [3.63, 3.8) is 0 Å². The Kier molecular flexibility index (Phi) is 8.21. The van der Waals surface area contributed by atoms with E-state index in [1.807, 2.05) is 36.9 Å². The van der Waals surface area contributed by atoms with Gasteiger partial charge in [-0.1, -0.05) is 49.9 Å². The highest BCUT2D eigenvalue weighted by Crippen LogP contribution is 2.29. The van der Waals surface area contributed by atoms with Gasteiger partial charge in [-0.05, 0) is 56.5 Å². The lowest BCUT2D eigenvalue weighted by atomic mass is 10.1. The van der Waals surface area contributed by atoms with Gasteiger partial charge in [0, 0.05) is 27.9 Å². The zero-order valence-electron chi connectivity index (χ0n) is 18.8. The lowest BCUT2D eigenvalue weighted by molar-refractivity contribution is -0.113. The minimum atomic E-state index is -0.0430. The summed E-state index contributed by atoms with van der Waals surface area (Å²) in [5.41, 5.74) is 4.16. The van der Waals surface area contributed by atoms with Crippen LogP contribution in [-0.4, -0.2) is 31.7 Å². The molecule has 1 atom stereocenters. The van der Waals surface area contributed by atoms with Crippen molar-refractivity contribution >= 4 is 35.1 Å². The van der Waals surface area contributed by atoms with Gasteiger partial charge >= 0.3 is 0 Å². The Morgan fingerprint density at radius 3 is 2.55 bits per heavy atom. The first-order chi connectivity index (χ1) is 14.9. The number of benzene rings is 2. The number of anilines is 1. The first-order valence-corrected chi connectivity index (χ1v) is 12.5. The zero-order valence-corrected chi connectivity index (χ0v) is 20.4. The van der Waals surface area contributed by atoms with Crippen molar-refractivity contribution in [2.75, 3.05) is 11.1 Å². The second-order valence-corrected chi connectivity index (χ2v) is 9.97. The summed E-state index contributed by atoms with van der Waals surface area (Å²) in [6.45, 7) is 11.3. The molecular weight excluding hydrogens is 424 g/mol. The van der Waals surface area contributed by atoms with Crippen molar-refractivity contribution in [2.24, 2.45) is 0 Å². The molecule has 1 N–H and O–H groups in total. The predicted octanol–water partition coefficient (Wildman–Crippen LogP) is 6.20. The third-order valence-corrected chi connectivity index (χ3v) is 7.36. The molecule has 2 aromatic carbocycles. The number of thioether (sulfide) groups is 2. The highest BCUT2D eigenvalue weighted by atomic mass is 32.2. The minimum Gasteiger partial charge on any atom is -0.325 e. The average molecular weight is 455 g/mol. The number of aromatic nitrogens is 3. The Bertz CT molecular complexity index is 1050. The Labute approximate surface area is 193 Å². The van der Waals surface area contributed by atoms with E-state index in [0.29, 0.717) is 5.25 Å². The van der Waals surface area contributed by atoms with E-state index in [1.165, 1.54) is 16.7 Å². The number of nitrogens with zero attached hydrogens (tertiary/aromatic N) is 3. The highest BCUT2D eigenvalue weighted by molar-refractivity contribution is 8.00. The third kappa shape index (κ3) is 5.92. The SMILES string of the molecule is CCC(C)Sc1ccc(NC(=O)CSc2nnc(-c3ccccc3C)n2CC)c(C)c1. The molecule has 164 valence electrons. The molecule has 1 amide bonds. The maximum Gasteiger partial charge on any atom is 0.234 e. The molecule has 0 aliphatic heterocycles. The fourth-order valence-electron chi connectivity index (χ4n) is 3.19. The standard InChI is InChI=1S/C24H30N4OS2/c1-6-18(5)31-19-12-13-21(17(4)14-19)25-22(29)15-30-24-27-26-23(28(24)7-2)20-11-9-8-10-16(20)3/h8-14,18H,6-7,15H2,1-5H3,(H,25,29). The molecule has 0 spiro atoms. The molecule has 7 heteroatoms. The first-order valence-electron chi connectivity index (χ1n) is 10.6. The number of aryl methyl sites for hydroxylation is 2. The summed E-state index contributed by atoms with van der Waals surface area (Å²) in [6.07, 6.45) is 1.13. The second kappa shape index (κ2) is 10.9. The number of hydrogen-bond acceptors (Lipinski definition) is 5. The number of carbonyl (C=O) groups excluding carboxylic acids is 1. The molecule has 0 radical (unpaired) electrons. The molecular formula is C24H30N4OS2. The van der Waals surface area contributed by atoms with Gasteiger partial charge in [-0.2, -0.15) is 0 Å². The van der Waals surface area contributed by atoms with Crippen molar-refractivity contribution in [2.45, 2.75) is 62.9 Å². The number of hydrogen-bond donors (Lipinski definition) is 1. The lowest BCUT2D eigenvalue weighted by Crippen LogP contribution is -2.15. The fourth-order valence-corrected chi connectivity index (χ4v) is 5.01. The van der Waals surface area contributed by atoms with Gasteiger partial charge in [-0.15, -0.1) is 22.0 Å². The molecule has 0 fully saturated rings. The summed E-state index contributed by atoms with van der Waals surface area (Å²) in [7, 11) is 0. The summed E-state index contributed by atoms with van der Waals surface area (Å²) >= 11 is 3.28. The number of nitrogens with one attached hydrogen (secondary N) is 1. The summed E-state index contributed by atoms with van der Waals surface area (Å²) in [5, 5.41) is 13.1. The quantitative estimate of drug-likeness (QED) is 0.390. The normalized spacial score (nSPS) is 12.0. The molecule has 1 heterocycles. The van der Waals surface area contributed by atoms with Crippen LogP contribution < -0.4 is 5.32 Å². The fraction of sp³-hybridized carbons (Fsp3) is 0.375. The molecule has 0 bridgehead atoms. The Morgan fingerprint density at radius 1 is 1.10 bits per heavy atom. The summed E-state index contributed by atoms with van der Waals surface area (Å²) in [6, 6.07) is 14.4. The van der Waals surface area contributed by atoms with Gasteiger partial charge in [-0.3, -0.25) is 4.79 Å². The maximum absolute atomic E-state index is 12.6. The van der Waals surface area contributed by atoms with Gasteiger partial charge in [0.05, 0.1) is 5.75 Å². The van der Waals surface area contributed by atoms with Crippen LogP contribution in [0.1, 0.15) is 38.3 Å². The van der Waals surface area contributed by atoms with Crippen LogP contribution >= 0.6 is 23.5 Å². The van der Waals surface area contributed by atoms with Crippen molar-refractivity contribution in [1.82, 2.24) is 14.8 Å². The zero-order chi connectivity index (χ0) is 22.4. The number of amides is 1. The largest absolute Gasteiger partial charge is 0.325 e. The van der Waals surface area contributed by atoms with Crippen molar-refractivity contribution in [3.8, 4) is 11.4 Å². The Hall–Kier alpha value is -2.25. The van der Waals surface area contributed by atoms with Crippen LogP contribution in [0.2, 0.25) is 0 Å². The van der Waals surface area contributed by atoms with E-state index >= 15 is 0 Å². The molecule has 3 aromatic rings. The predicted molar refractivity (Wildman–Crippen MR) is 132 cm³/mol. The van der Waals surface area contributed by atoms with Crippen LogP contribution in [0.3, 0.4) is 0 Å². The highest BCUT2D eigenvalue weighted by Gasteiger charge is 2.16. The van der Waals surface area contributed by atoms with E-state index < -0.39 is 0 Å². The minimum absolute atomic E-state index is 0.0430. The van der Waals surface area contributed by atoms with Crippen molar-refractivity contribution in [1.29, 1.82) is 0 Å². The third-order valence-electron chi connectivity index (χ3n) is 5.14. The number of carbonyl (C=O) groups is 1. The van der Waals surface area contributed by atoms with Crippen molar-refractivity contribution < 1.29 is 4.79 Å². The van der Waals surface area contributed by atoms with Gasteiger partial charge in [-0.25, -0.2) is 0 Å². The molecule has 5 nitrogen and oxygen atoms in total. The molecule has 0 aliphatic rings. The monoisotopic (exact) mass is 454 g/mol. The van der Waals surface area contributed by atoms with Crippen LogP contribution in [0.25, 0.3) is 11.4 Å². The first kappa shape index (κ1) is 23.4. The van der Waals surface area contributed by atoms with E-state index in [2.05, 4.69) is 72.0 Å². The van der Waals surface area contributed by atoms with Crippen LogP contribution in [0.4, 0.5) is 5.69 Å². The van der Waals surface area contributed by atoms with Gasteiger partial charge < -0.3 is 9.88 Å². The number of rotatable bonds is 9. The average Bonchev–Trinajstić information content (AvgIpc) is 3.17. The molecule has 0 saturated carbocycles. The lowest BCUT2D eigenvalue weighted by Gasteiger charge is -2.12. The molecule has 0 aliphatic carbocycles. The maximum atomic E-state index is 12.6. The van der Waals surface area contributed by atoms with E-state index in [-0.39, 0.29) is 11.7 Å². The van der Waals surface area contributed by atoms with Gasteiger partial charge in [0.15, 0.2) is 11.0 Å². The molecule has 0 saturated heterocycles. The molecule has 3 rings (SSSR count). The topological polar surface area (TPSA) is 59.8 Å². The molecule has 1 unspecified atom stereocenters. The van der Waals surface area contributed by atoms with E-state index in [0.717, 1.165) is 46.3 Å². The van der Waals surface area contributed by atoms with Crippen LogP contribution in [0.15, 0.2) is 52.5 Å². The molecule has 31 heavy (non-hydrogen) atoms. The second-order valence-electron chi connectivity index (χ2n) is 7.52. The van der Waals surface area contributed by atoms with Gasteiger partial charge in [0.25, 0.3) is 0 Å². The van der Waals surface area contributed by atoms with Crippen molar-refractivity contribution in [3.05, 3.63) is 53.6 Å². The summed E-state index contributed by atoms with van der Waals surface area (Å²) < 4.78 is 2.06. The van der Waals surface area contributed by atoms with Crippen LogP contribution in [0, 0.1) is 13.8 Å². The summed E-state index contributed by atoms with van der Waals surface area (Å²) in [4.78, 5) is 13.8. The Balaban J connectivity index is 1.65. The van der Waals surface area contributed by atoms with E-state index in [9.17, 15) is 4.79 Å². The Morgan fingerprint density at radius 2 is 1.87 bits per heavy atom. The van der Waals surface area contributed by atoms with Crippen LogP contribution in [-0.2, 0) is 11.3 Å². The van der Waals surface area contributed by atoms with E-state index in [1.54, 1.807) is 0 Å².